The third kappa shape index (κ3) is 4.67. The molecule has 2 nitrogen and oxygen atoms in total. The number of hydrogen-bond acceptors (Lipinski definition) is 3. The summed E-state index contributed by atoms with van der Waals surface area (Å²) in [7, 11) is 0. The second kappa shape index (κ2) is 5.99. The Morgan fingerprint density at radius 3 is 2.64 bits per heavy atom. The zero-order chi connectivity index (χ0) is 10.4. The Kier molecular flexibility index (Phi) is 5.28. The molecule has 3 heteroatoms. The van der Waals surface area contributed by atoms with E-state index in [1.165, 1.54) is 25.0 Å². The van der Waals surface area contributed by atoms with Gasteiger partial charge in [0.2, 0.25) is 0 Å². The quantitative estimate of drug-likeness (QED) is 0.638. The van der Waals surface area contributed by atoms with Gasteiger partial charge in [0, 0.05) is 0 Å². The largest absolute Gasteiger partial charge is 0.348 e. The maximum Gasteiger partial charge on any atom is 0.163 e. The van der Waals surface area contributed by atoms with Gasteiger partial charge in [-0.25, -0.2) is 0 Å². The molecule has 0 aromatic carbocycles. The highest BCUT2D eigenvalue weighted by atomic mass is 32.2. The number of rotatable bonds is 6. The van der Waals surface area contributed by atoms with Gasteiger partial charge in [-0.1, -0.05) is 12.8 Å². The highest BCUT2D eigenvalue weighted by molar-refractivity contribution is 7.98. The molecule has 0 saturated carbocycles. The van der Waals surface area contributed by atoms with Gasteiger partial charge in [0.15, 0.2) is 5.79 Å². The fourth-order valence-electron chi connectivity index (χ4n) is 1.70. The van der Waals surface area contributed by atoms with E-state index < -0.39 is 0 Å². The molecule has 1 aliphatic rings. The van der Waals surface area contributed by atoms with Gasteiger partial charge in [0.25, 0.3) is 0 Å². The van der Waals surface area contributed by atoms with Crippen molar-refractivity contribution < 1.29 is 9.47 Å². The summed E-state index contributed by atoms with van der Waals surface area (Å²) in [6.45, 7) is 4.75. The van der Waals surface area contributed by atoms with E-state index in [0.717, 1.165) is 13.0 Å². The first-order valence-corrected chi connectivity index (χ1v) is 6.84. The van der Waals surface area contributed by atoms with Crippen LogP contribution in [0.2, 0.25) is 0 Å². The number of hydrogen-bond donors (Lipinski definition) is 0. The van der Waals surface area contributed by atoms with E-state index in [4.69, 9.17) is 9.47 Å². The lowest BCUT2D eigenvalue weighted by atomic mass is 10.1. The standard InChI is InChI=1S/C11H22O2S/c1-11(2)12-9-10(13-11)7-5-4-6-8-14-3/h10H,4-9H2,1-3H3. The molecular weight excluding hydrogens is 196 g/mol. The van der Waals surface area contributed by atoms with Crippen LogP contribution in [-0.4, -0.2) is 30.5 Å². The molecule has 1 unspecified atom stereocenters. The lowest BCUT2D eigenvalue weighted by Gasteiger charge is -2.16. The van der Waals surface area contributed by atoms with Gasteiger partial charge in [-0.15, -0.1) is 0 Å². The van der Waals surface area contributed by atoms with Crippen LogP contribution < -0.4 is 0 Å². The molecule has 0 bridgehead atoms. The van der Waals surface area contributed by atoms with E-state index in [2.05, 4.69) is 6.26 Å². The van der Waals surface area contributed by atoms with Crippen molar-refractivity contribution in [1.82, 2.24) is 0 Å². The summed E-state index contributed by atoms with van der Waals surface area (Å²) >= 11 is 1.93. The Labute approximate surface area is 91.7 Å². The first kappa shape index (κ1) is 12.3. The van der Waals surface area contributed by atoms with Crippen LogP contribution >= 0.6 is 11.8 Å². The van der Waals surface area contributed by atoms with Crippen molar-refractivity contribution in [2.75, 3.05) is 18.6 Å². The predicted molar refractivity (Wildman–Crippen MR) is 61.8 cm³/mol. The maximum atomic E-state index is 5.73. The molecule has 0 N–H and O–H groups in total. The molecule has 1 atom stereocenters. The van der Waals surface area contributed by atoms with E-state index in [9.17, 15) is 0 Å². The molecule has 0 aliphatic carbocycles. The van der Waals surface area contributed by atoms with E-state index in [1.54, 1.807) is 0 Å². The minimum atomic E-state index is -0.343. The smallest absolute Gasteiger partial charge is 0.163 e. The molecule has 1 rings (SSSR count). The van der Waals surface area contributed by atoms with Gasteiger partial charge >= 0.3 is 0 Å². The molecular formula is C11H22O2S. The van der Waals surface area contributed by atoms with Crippen LogP contribution in [0, 0.1) is 0 Å². The van der Waals surface area contributed by atoms with Crippen LogP contribution in [-0.2, 0) is 9.47 Å². The maximum absolute atomic E-state index is 5.73. The number of thioether (sulfide) groups is 1. The summed E-state index contributed by atoms with van der Waals surface area (Å²) in [5.74, 6) is 0.942. The molecule has 1 fully saturated rings. The first-order valence-electron chi connectivity index (χ1n) is 5.45. The van der Waals surface area contributed by atoms with E-state index in [1.807, 2.05) is 25.6 Å². The molecule has 84 valence electrons. The van der Waals surface area contributed by atoms with Gasteiger partial charge in [0.05, 0.1) is 12.7 Å². The van der Waals surface area contributed by atoms with Gasteiger partial charge in [-0.05, 0) is 38.7 Å². The van der Waals surface area contributed by atoms with Crippen LogP contribution in [0.5, 0.6) is 0 Å². The third-order valence-electron chi connectivity index (χ3n) is 2.44. The fraction of sp³-hybridized carbons (Fsp3) is 1.00. The van der Waals surface area contributed by atoms with Crippen molar-refractivity contribution in [3.8, 4) is 0 Å². The Morgan fingerprint density at radius 1 is 1.29 bits per heavy atom. The molecule has 14 heavy (non-hydrogen) atoms. The van der Waals surface area contributed by atoms with Crippen molar-refractivity contribution in [2.24, 2.45) is 0 Å². The fourth-order valence-corrected chi connectivity index (χ4v) is 2.19. The second-order valence-corrected chi connectivity index (χ2v) is 5.28. The Hall–Kier alpha value is 0.270. The molecule has 0 amide bonds. The van der Waals surface area contributed by atoms with Gasteiger partial charge in [-0.2, -0.15) is 11.8 Å². The molecule has 1 heterocycles. The average Bonchev–Trinajstić information content (AvgIpc) is 2.45. The van der Waals surface area contributed by atoms with Crippen molar-refractivity contribution >= 4 is 11.8 Å². The first-order chi connectivity index (χ1) is 6.64. The highest BCUT2D eigenvalue weighted by Gasteiger charge is 2.31. The van der Waals surface area contributed by atoms with Gasteiger partial charge in [-0.3, -0.25) is 0 Å². The van der Waals surface area contributed by atoms with Gasteiger partial charge in [0.1, 0.15) is 0 Å². The Morgan fingerprint density at radius 2 is 2.07 bits per heavy atom. The zero-order valence-electron chi connectivity index (χ0n) is 9.54. The summed E-state index contributed by atoms with van der Waals surface area (Å²) in [5, 5.41) is 0. The van der Waals surface area contributed by atoms with Crippen LogP contribution in [0.3, 0.4) is 0 Å². The molecule has 0 radical (unpaired) electrons. The van der Waals surface area contributed by atoms with Crippen molar-refractivity contribution in [3.63, 3.8) is 0 Å². The Balaban J connectivity index is 1.98. The molecule has 1 saturated heterocycles. The summed E-state index contributed by atoms with van der Waals surface area (Å²) in [6.07, 6.45) is 7.57. The monoisotopic (exact) mass is 218 g/mol. The van der Waals surface area contributed by atoms with Crippen molar-refractivity contribution in [1.29, 1.82) is 0 Å². The van der Waals surface area contributed by atoms with E-state index >= 15 is 0 Å². The van der Waals surface area contributed by atoms with E-state index in [-0.39, 0.29) is 5.79 Å². The second-order valence-electron chi connectivity index (χ2n) is 4.29. The third-order valence-corrected chi connectivity index (χ3v) is 3.14. The lowest BCUT2D eigenvalue weighted by Crippen LogP contribution is -2.21. The number of unbranched alkanes of at least 4 members (excludes halogenated alkanes) is 2. The SMILES string of the molecule is CSCCCCCC1COC(C)(C)O1. The average molecular weight is 218 g/mol. The van der Waals surface area contributed by atoms with Crippen molar-refractivity contribution in [2.45, 2.75) is 51.4 Å². The molecule has 0 spiro atoms. The topological polar surface area (TPSA) is 18.5 Å². The Bertz CT molecular complexity index is 159. The molecule has 0 aromatic heterocycles. The van der Waals surface area contributed by atoms with Crippen LogP contribution in [0.4, 0.5) is 0 Å². The summed E-state index contributed by atoms with van der Waals surface area (Å²) in [6, 6.07) is 0. The van der Waals surface area contributed by atoms with Gasteiger partial charge < -0.3 is 9.47 Å². The number of ether oxygens (including phenoxy) is 2. The van der Waals surface area contributed by atoms with E-state index in [0.29, 0.717) is 6.10 Å². The zero-order valence-corrected chi connectivity index (χ0v) is 10.4. The molecule has 0 aromatic rings. The van der Waals surface area contributed by atoms with Crippen LogP contribution in [0.15, 0.2) is 0 Å². The lowest BCUT2D eigenvalue weighted by molar-refractivity contribution is -0.139. The van der Waals surface area contributed by atoms with Crippen LogP contribution in [0.1, 0.15) is 39.5 Å². The normalized spacial score (nSPS) is 25.5. The highest BCUT2D eigenvalue weighted by Crippen LogP contribution is 2.25. The summed E-state index contributed by atoms with van der Waals surface area (Å²) in [5.41, 5.74) is 0. The summed E-state index contributed by atoms with van der Waals surface area (Å²) in [4.78, 5) is 0. The van der Waals surface area contributed by atoms with Crippen LogP contribution in [0.25, 0.3) is 0 Å². The predicted octanol–water partition coefficient (Wildman–Crippen LogP) is 3.06. The minimum Gasteiger partial charge on any atom is -0.348 e. The minimum absolute atomic E-state index is 0.333. The molecule has 1 aliphatic heterocycles. The van der Waals surface area contributed by atoms with Crippen molar-refractivity contribution in [3.05, 3.63) is 0 Å². The summed E-state index contributed by atoms with van der Waals surface area (Å²) < 4.78 is 11.2.